The summed E-state index contributed by atoms with van der Waals surface area (Å²) in [5.74, 6) is -0.250. The van der Waals surface area contributed by atoms with Crippen LogP contribution in [0.2, 0.25) is 0 Å². The summed E-state index contributed by atoms with van der Waals surface area (Å²) >= 11 is 4.00. The molecule has 0 saturated heterocycles. The molecular formula is C17H16N4O3S4. The van der Waals surface area contributed by atoms with E-state index in [0.29, 0.717) is 15.2 Å². The van der Waals surface area contributed by atoms with Crippen molar-refractivity contribution in [2.75, 3.05) is 11.6 Å². The van der Waals surface area contributed by atoms with E-state index in [1.54, 1.807) is 0 Å². The van der Waals surface area contributed by atoms with Crippen molar-refractivity contribution in [3.63, 3.8) is 0 Å². The van der Waals surface area contributed by atoms with Crippen molar-refractivity contribution in [2.45, 2.75) is 19.6 Å². The number of rotatable bonds is 7. The summed E-state index contributed by atoms with van der Waals surface area (Å²) in [6.07, 6.45) is 1.89. The molecule has 28 heavy (non-hydrogen) atoms. The Bertz CT molecular complexity index is 1050. The van der Waals surface area contributed by atoms with Gasteiger partial charge in [-0.15, -0.1) is 0 Å². The van der Waals surface area contributed by atoms with Gasteiger partial charge >= 0.3 is 0 Å². The number of nitrogens with one attached hydrogen (secondary N) is 1. The lowest BCUT2D eigenvalue weighted by Gasteiger charge is -2.15. The fourth-order valence-corrected chi connectivity index (χ4v) is 5.19. The van der Waals surface area contributed by atoms with E-state index in [9.17, 15) is 13.2 Å². The summed E-state index contributed by atoms with van der Waals surface area (Å²) in [4.78, 5) is 17.3. The molecule has 0 radical (unpaired) electrons. The van der Waals surface area contributed by atoms with Gasteiger partial charge in [0.1, 0.15) is 5.25 Å². The fourth-order valence-electron chi connectivity index (χ4n) is 2.27. The van der Waals surface area contributed by atoms with Gasteiger partial charge in [-0.2, -0.15) is 4.37 Å². The predicted octanol–water partition coefficient (Wildman–Crippen LogP) is 3.38. The zero-order chi connectivity index (χ0) is 20.1. The summed E-state index contributed by atoms with van der Waals surface area (Å²) in [5.41, 5.74) is 1.30. The standard InChI is InChI=1S/C17H16N4O3S4/c1-25-16-20-17(27-21-16)26-14(11-5-3-2-4-6-11)15(22)19-12-7-9-13(10-8-12)28(18,23)24/h2-10,14H,1H3,(H,19,22)(H2,18,23,24)/t14-/m0/s1. The minimum atomic E-state index is -3.78. The molecule has 3 rings (SSSR count). The molecule has 1 aromatic heterocycles. The molecule has 3 N–H and O–H groups in total. The molecule has 0 saturated carbocycles. The van der Waals surface area contributed by atoms with E-state index in [0.717, 1.165) is 5.56 Å². The summed E-state index contributed by atoms with van der Waals surface area (Å²) in [5, 5.41) is 8.04. The van der Waals surface area contributed by atoms with Crippen molar-refractivity contribution < 1.29 is 13.2 Å². The van der Waals surface area contributed by atoms with Gasteiger partial charge in [-0.3, -0.25) is 4.79 Å². The predicted molar refractivity (Wildman–Crippen MR) is 113 cm³/mol. The maximum absolute atomic E-state index is 13.0. The molecule has 3 aromatic rings. The van der Waals surface area contributed by atoms with Crippen molar-refractivity contribution >= 4 is 56.7 Å². The maximum Gasteiger partial charge on any atom is 0.242 e. The summed E-state index contributed by atoms with van der Waals surface area (Å²) in [7, 11) is -3.78. The van der Waals surface area contributed by atoms with Gasteiger partial charge in [-0.05, 0) is 47.6 Å². The van der Waals surface area contributed by atoms with E-state index in [4.69, 9.17) is 5.14 Å². The van der Waals surface area contributed by atoms with Gasteiger partial charge in [0.25, 0.3) is 0 Å². The molecule has 0 spiro atoms. The topological polar surface area (TPSA) is 115 Å². The number of aromatic nitrogens is 2. The molecule has 1 atom stereocenters. The van der Waals surface area contributed by atoms with Crippen molar-refractivity contribution in [1.29, 1.82) is 0 Å². The van der Waals surface area contributed by atoms with Gasteiger partial charge in [0.2, 0.25) is 21.1 Å². The molecule has 2 aromatic carbocycles. The van der Waals surface area contributed by atoms with Crippen LogP contribution in [0.25, 0.3) is 0 Å². The Morgan fingerprint density at radius 3 is 2.39 bits per heavy atom. The van der Waals surface area contributed by atoms with Crippen molar-refractivity contribution in [1.82, 2.24) is 9.36 Å². The Labute approximate surface area is 175 Å². The minimum absolute atomic E-state index is 0.0158. The number of nitrogens with two attached hydrogens (primary N) is 1. The molecule has 1 heterocycles. The molecule has 0 unspecified atom stereocenters. The molecule has 0 aliphatic carbocycles. The van der Waals surface area contributed by atoms with Crippen molar-refractivity contribution in [3.8, 4) is 0 Å². The zero-order valence-corrected chi connectivity index (χ0v) is 17.9. The van der Waals surface area contributed by atoms with Gasteiger partial charge in [0.15, 0.2) is 4.34 Å². The second-order valence-corrected chi connectivity index (χ2v) is 9.95. The highest BCUT2D eigenvalue weighted by Crippen LogP contribution is 2.37. The van der Waals surface area contributed by atoms with Crippen LogP contribution < -0.4 is 10.5 Å². The quantitative estimate of drug-likeness (QED) is 0.528. The second kappa shape index (κ2) is 9.05. The van der Waals surface area contributed by atoms with E-state index >= 15 is 0 Å². The molecular weight excluding hydrogens is 436 g/mol. The third-order valence-electron chi connectivity index (χ3n) is 3.58. The first-order chi connectivity index (χ1) is 13.4. The first-order valence-electron chi connectivity index (χ1n) is 7.90. The third-order valence-corrected chi connectivity index (χ3v) is 7.21. The van der Waals surface area contributed by atoms with Gasteiger partial charge in [-0.25, -0.2) is 18.5 Å². The summed E-state index contributed by atoms with van der Waals surface area (Å²) < 4.78 is 27.6. The zero-order valence-electron chi connectivity index (χ0n) is 14.6. The largest absolute Gasteiger partial charge is 0.325 e. The van der Waals surface area contributed by atoms with Crippen LogP contribution in [0.5, 0.6) is 0 Å². The van der Waals surface area contributed by atoms with Crippen LogP contribution in [0.4, 0.5) is 5.69 Å². The number of hydrogen-bond acceptors (Lipinski definition) is 8. The number of carbonyl (C=O) groups excluding carboxylic acids is 1. The number of anilines is 1. The van der Waals surface area contributed by atoms with Gasteiger partial charge in [0.05, 0.1) is 4.90 Å². The highest BCUT2D eigenvalue weighted by atomic mass is 32.2. The van der Waals surface area contributed by atoms with Gasteiger partial charge in [-0.1, -0.05) is 53.9 Å². The van der Waals surface area contributed by atoms with E-state index in [1.807, 2.05) is 36.6 Å². The van der Waals surface area contributed by atoms with Gasteiger partial charge < -0.3 is 5.32 Å². The Hall–Kier alpha value is -1.92. The SMILES string of the molecule is CSc1nsc(S[C@H](C(=O)Nc2ccc(S(N)(=O)=O)cc2)c2ccccc2)n1. The number of thioether (sulfide) groups is 2. The highest BCUT2D eigenvalue weighted by molar-refractivity contribution is 8.02. The molecule has 0 aliphatic rings. The van der Waals surface area contributed by atoms with Crippen LogP contribution in [0, 0.1) is 0 Å². The van der Waals surface area contributed by atoms with Crippen LogP contribution in [-0.4, -0.2) is 29.9 Å². The molecule has 0 bridgehead atoms. The lowest BCUT2D eigenvalue weighted by Crippen LogP contribution is -2.19. The van der Waals surface area contributed by atoms with Crippen molar-refractivity contribution in [2.24, 2.45) is 5.14 Å². The fraction of sp³-hybridized carbons (Fsp3) is 0.118. The van der Waals surface area contributed by atoms with Crippen LogP contribution in [0.15, 0.2) is 69.0 Å². The molecule has 11 heteroatoms. The smallest absolute Gasteiger partial charge is 0.242 e. The summed E-state index contributed by atoms with van der Waals surface area (Å²) in [6, 6.07) is 15.1. The Kier molecular flexibility index (Phi) is 6.73. The number of sulfonamides is 1. The Morgan fingerprint density at radius 1 is 1.14 bits per heavy atom. The number of hydrogen-bond donors (Lipinski definition) is 2. The number of benzene rings is 2. The van der Waals surface area contributed by atoms with E-state index in [1.165, 1.54) is 59.3 Å². The minimum Gasteiger partial charge on any atom is -0.325 e. The van der Waals surface area contributed by atoms with E-state index in [2.05, 4.69) is 14.7 Å². The first kappa shape index (κ1) is 20.8. The number of primary sulfonamides is 1. The van der Waals surface area contributed by atoms with Crippen LogP contribution in [-0.2, 0) is 14.8 Å². The molecule has 0 aliphatic heterocycles. The summed E-state index contributed by atoms with van der Waals surface area (Å²) in [6.45, 7) is 0. The highest BCUT2D eigenvalue weighted by Gasteiger charge is 2.24. The third kappa shape index (κ3) is 5.32. The average Bonchev–Trinajstić information content (AvgIpc) is 3.14. The van der Waals surface area contributed by atoms with Crippen LogP contribution in [0.1, 0.15) is 10.8 Å². The number of nitrogens with zero attached hydrogens (tertiary/aromatic N) is 2. The molecule has 0 fully saturated rings. The average molecular weight is 453 g/mol. The lowest BCUT2D eigenvalue weighted by atomic mass is 10.1. The maximum atomic E-state index is 13.0. The lowest BCUT2D eigenvalue weighted by molar-refractivity contribution is -0.115. The van der Waals surface area contributed by atoms with Crippen LogP contribution >= 0.6 is 35.1 Å². The molecule has 146 valence electrons. The Morgan fingerprint density at radius 2 is 1.82 bits per heavy atom. The van der Waals surface area contributed by atoms with Crippen molar-refractivity contribution in [3.05, 3.63) is 60.2 Å². The second-order valence-electron chi connectivity index (χ2n) is 5.51. The monoisotopic (exact) mass is 452 g/mol. The number of amides is 1. The van der Waals surface area contributed by atoms with E-state index < -0.39 is 15.3 Å². The van der Waals surface area contributed by atoms with Gasteiger partial charge in [0, 0.05) is 5.69 Å². The molecule has 7 nitrogen and oxygen atoms in total. The normalized spacial score (nSPS) is 12.5. The first-order valence-corrected chi connectivity index (χ1v) is 12.3. The molecule has 1 amide bonds. The Balaban J connectivity index is 1.82. The number of carbonyl (C=O) groups is 1. The van der Waals surface area contributed by atoms with E-state index in [-0.39, 0.29) is 10.8 Å². The van der Waals surface area contributed by atoms with Crippen LogP contribution in [0.3, 0.4) is 0 Å².